The zero-order chi connectivity index (χ0) is 34.6. The van der Waals surface area contributed by atoms with Gasteiger partial charge in [-0.15, -0.1) is 0 Å². The first-order chi connectivity index (χ1) is 22.6. The zero-order valence-corrected chi connectivity index (χ0v) is 33.3. The summed E-state index contributed by atoms with van der Waals surface area (Å²) < 4.78 is 0. The molecule has 7 nitrogen and oxygen atoms in total. The van der Waals surface area contributed by atoms with Crippen LogP contribution in [0.25, 0.3) is 0 Å². The van der Waals surface area contributed by atoms with E-state index < -0.39 is 0 Å². The Balaban J connectivity index is 0.000000216. The third-order valence-electron chi connectivity index (χ3n) is 18.6. The van der Waals surface area contributed by atoms with Gasteiger partial charge in [-0.25, -0.2) is 0 Å². The van der Waals surface area contributed by atoms with Gasteiger partial charge in [-0.2, -0.15) is 10.5 Å². The second-order valence-electron chi connectivity index (χ2n) is 20.6. The van der Waals surface area contributed by atoms with Gasteiger partial charge in [0.1, 0.15) is 0 Å². The average Bonchev–Trinajstić information content (AvgIpc) is 3.53. The monoisotopic (exact) mass is 703 g/mol. The van der Waals surface area contributed by atoms with Gasteiger partial charge in [0.05, 0.1) is 42.3 Å². The quantitative estimate of drug-likeness (QED) is 0.307. The third kappa shape index (κ3) is 6.42. The summed E-state index contributed by atoms with van der Waals surface area (Å²) in [5.74, 6) is 6.92. The van der Waals surface area contributed by atoms with Crippen LogP contribution in [0, 0.1) is 121 Å². The average molecular weight is 703 g/mol. The number of fused-ring (bicyclic) bond motifs is 10. The Morgan fingerprint density at radius 3 is 1.35 bits per heavy atom. The summed E-state index contributed by atoms with van der Waals surface area (Å²) >= 11 is 0. The standard InChI is InChI=1S/C22H35NO.C21H33NO2.Li.2H2O/c1-13-9-15-5-7-17-18-8-6-16(12-23)21(18,3)11-19(24)20(17)22(15,4)10-14(13)2;1-12-9-21(3)13(8-17(12)23)4-6-15-16-7-5-14(11-22)20(16,2)10-18(24)19(15)21;;;/h13-20,24H,5-11H2,1-4H3;12-19,23-24H,4-10H2,1-3H3;;2*1H2/q;;+1;;/p-1/t13-,14-,15-,16+,17-,18-,19-,20+,21+,22-;12-,13-,14+,15-,16-,17-,18-,19+,20+,21-;;;/m00.../s1. The second kappa shape index (κ2) is 15.1. The van der Waals surface area contributed by atoms with Crippen LogP contribution in [-0.2, 0) is 0 Å². The Bertz CT molecular complexity index is 1220. The molecule has 8 aliphatic rings. The van der Waals surface area contributed by atoms with Gasteiger partial charge in [0.15, 0.2) is 0 Å². The minimum Gasteiger partial charge on any atom is -0.870 e. The van der Waals surface area contributed by atoms with Crippen molar-refractivity contribution in [2.24, 2.45) is 98.6 Å². The Labute approximate surface area is 321 Å². The van der Waals surface area contributed by atoms with Gasteiger partial charge in [-0.3, -0.25) is 0 Å². The van der Waals surface area contributed by atoms with Gasteiger partial charge in [0, 0.05) is 0 Å². The first kappa shape index (κ1) is 43.1. The summed E-state index contributed by atoms with van der Waals surface area (Å²) in [7, 11) is 0. The maximum Gasteiger partial charge on any atom is 1.00 e. The predicted octanol–water partition coefficient (Wildman–Crippen LogP) is 4.77. The largest absolute Gasteiger partial charge is 1.00 e. The minimum atomic E-state index is -0.277. The van der Waals surface area contributed by atoms with E-state index in [2.05, 4.69) is 60.6 Å². The maximum absolute atomic E-state index is 11.3. The van der Waals surface area contributed by atoms with Gasteiger partial charge >= 0.3 is 18.9 Å². The summed E-state index contributed by atoms with van der Waals surface area (Å²) in [5, 5.41) is 52.1. The topological polar surface area (TPSA) is 170 Å². The molecular formula is C43H71LiN2O5. The summed E-state index contributed by atoms with van der Waals surface area (Å²) in [5.41, 5.74) is 0.553. The van der Waals surface area contributed by atoms with Crippen molar-refractivity contribution in [3.05, 3.63) is 0 Å². The van der Waals surface area contributed by atoms with Crippen LogP contribution in [0.4, 0.5) is 0 Å². The Hall–Kier alpha value is -0.623. The first-order valence-corrected chi connectivity index (χ1v) is 20.5. The fourth-order valence-corrected chi connectivity index (χ4v) is 16.1. The smallest absolute Gasteiger partial charge is 0.870 e. The molecular weight excluding hydrogens is 631 g/mol. The number of aliphatic hydroxyl groups excluding tert-OH is 3. The molecule has 8 heteroatoms. The molecule has 20 atom stereocenters. The van der Waals surface area contributed by atoms with Crippen molar-refractivity contribution in [1.29, 1.82) is 10.5 Å². The second-order valence-corrected chi connectivity index (χ2v) is 20.6. The molecule has 8 fully saturated rings. The number of nitrogens with zero attached hydrogens (tertiary/aromatic N) is 2. The van der Waals surface area contributed by atoms with Crippen LogP contribution >= 0.6 is 0 Å². The molecule has 0 aliphatic heterocycles. The Morgan fingerprint density at radius 1 is 0.510 bits per heavy atom. The van der Waals surface area contributed by atoms with Gasteiger partial charge < -0.3 is 26.3 Å². The van der Waals surface area contributed by atoms with Crippen LogP contribution in [0.2, 0.25) is 0 Å². The van der Waals surface area contributed by atoms with Gasteiger partial charge in [0.2, 0.25) is 0 Å². The number of hydrogen-bond donors (Lipinski definition) is 3. The van der Waals surface area contributed by atoms with Crippen molar-refractivity contribution in [2.75, 3.05) is 0 Å². The number of hydrogen-bond acceptors (Lipinski definition) is 6. The molecule has 0 aromatic rings. The van der Waals surface area contributed by atoms with Crippen molar-refractivity contribution in [1.82, 2.24) is 0 Å². The Kier molecular flexibility index (Phi) is 12.8. The molecule has 0 radical (unpaired) electrons. The molecule has 0 bridgehead atoms. The summed E-state index contributed by atoms with van der Waals surface area (Å²) in [6.45, 7) is 16.5. The van der Waals surface area contributed by atoms with E-state index in [9.17, 15) is 25.8 Å². The first-order valence-electron chi connectivity index (χ1n) is 20.5. The van der Waals surface area contributed by atoms with Crippen LogP contribution in [0.1, 0.15) is 138 Å². The molecule has 0 aromatic heterocycles. The third-order valence-corrected chi connectivity index (χ3v) is 18.6. The molecule has 8 rings (SSSR count). The number of rotatable bonds is 0. The van der Waals surface area contributed by atoms with Crippen molar-refractivity contribution in [2.45, 2.75) is 157 Å². The zero-order valence-electron chi connectivity index (χ0n) is 33.3. The van der Waals surface area contributed by atoms with E-state index in [0.717, 1.165) is 56.3 Å². The van der Waals surface area contributed by atoms with Crippen molar-refractivity contribution < 1.29 is 45.1 Å². The van der Waals surface area contributed by atoms with Gasteiger partial charge in [-0.05, 0) is 177 Å². The molecule has 0 spiro atoms. The minimum absolute atomic E-state index is 0. The van der Waals surface area contributed by atoms with Gasteiger partial charge in [0.25, 0.3) is 0 Å². The molecule has 0 saturated heterocycles. The van der Waals surface area contributed by atoms with Crippen LogP contribution in [0.15, 0.2) is 0 Å². The van der Waals surface area contributed by atoms with Crippen LogP contribution < -0.4 is 18.9 Å². The predicted molar refractivity (Wildman–Crippen MR) is 194 cm³/mol. The van der Waals surface area contributed by atoms with Crippen LogP contribution in [-0.4, -0.2) is 44.6 Å². The summed E-state index contributed by atoms with van der Waals surface area (Å²) in [4.78, 5) is 0. The fourth-order valence-electron chi connectivity index (χ4n) is 16.1. The molecule has 0 unspecified atom stereocenters. The Morgan fingerprint density at radius 2 is 0.922 bits per heavy atom. The van der Waals surface area contributed by atoms with E-state index in [0.29, 0.717) is 52.8 Å². The van der Waals surface area contributed by atoms with E-state index in [1.807, 2.05) is 0 Å². The number of nitriles is 2. The van der Waals surface area contributed by atoms with Crippen molar-refractivity contribution in [3.63, 3.8) is 0 Å². The molecule has 0 heterocycles. The molecule has 0 aromatic carbocycles. The molecule has 51 heavy (non-hydrogen) atoms. The molecule has 0 amide bonds. The molecule has 6 N–H and O–H groups in total. The van der Waals surface area contributed by atoms with Gasteiger partial charge in [-0.1, -0.05) is 48.5 Å². The van der Waals surface area contributed by atoms with E-state index >= 15 is 0 Å². The fraction of sp³-hybridized carbons (Fsp3) is 0.953. The molecule has 284 valence electrons. The normalized spacial score (nSPS) is 56.3. The van der Waals surface area contributed by atoms with E-state index in [1.165, 1.54) is 51.4 Å². The molecule has 8 saturated carbocycles. The van der Waals surface area contributed by atoms with Crippen LogP contribution in [0.5, 0.6) is 0 Å². The summed E-state index contributed by atoms with van der Waals surface area (Å²) in [6, 6.07) is 5.14. The van der Waals surface area contributed by atoms with Crippen LogP contribution in [0.3, 0.4) is 0 Å². The van der Waals surface area contributed by atoms with Crippen molar-refractivity contribution in [3.8, 4) is 12.1 Å². The van der Waals surface area contributed by atoms with E-state index in [-0.39, 0.29) is 76.2 Å². The van der Waals surface area contributed by atoms with E-state index in [4.69, 9.17) is 0 Å². The SMILES string of the molecule is C[C@H]1C[C@@H]2CC[C@@H]3[C@H]([C@@H](O)C[C@]4(C)[C@@H](C#N)CC[C@@H]34)[C@@]2(C)C[C@@H]1C.C[C@H]1C[C@@]2(C)[C@@H](CC[C@@H]3[C@@H]2[C@@H](O)C[C@]2(C)[C@@H](C#N)CC[C@@H]32)C[C@@H]1O.O.[Li+].[OH-]. The molecule has 8 aliphatic carbocycles. The maximum atomic E-state index is 11.3. The van der Waals surface area contributed by atoms with E-state index in [1.54, 1.807) is 0 Å². The summed E-state index contributed by atoms with van der Waals surface area (Å²) in [6.07, 6.45) is 15.1. The number of aliphatic hydroxyl groups is 3. The van der Waals surface area contributed by atoms with Crippen molar-refractivity contribution >= 4 is 0 Å².